The summed E-state index contributed by atoms with van der Waals surface area (Å²) in [4.78, 5) is 11.5. The first-order chi connectivity index (χ1) is 10.0. The average molecular weight is 319 g/mol. The highest BCUT2D eigenvalue weighted by atomic mass is 32.2. The third-order valence-corrected chi connectivity index (χ3v) is 5.90. The van der Waals surface area contributed by atoms with Crippen LogP contribution in [0, 0.1) is 5.92 Å². The van der Waals surface area contributed by atoms with Gasteiger partial charge in [-0.25, -0.2) is 0 Å². The second-order valence-corrected chi connectivity index (χ2v) is 7.40. The third-order valence-electron chi connectivity index (χ3n) is 4.22. The molecule has 122 valence electrons. The maximum atomic E-state index is 12.4. The van der Waals surface area contributed by atoms with Crippen LogP contribution in [0.15, 0.2) is 0 Å². The van der Waals surface area contributed by atoms with Crippen LogP contribution in [0.4, 0.5) is 0 Å². The van der Waals surface area contributed by atoms with Gasteiger partial charge < -0.3 is 10.1 Å². The number of hydrogen-bond donors (Lipinski definition) is 2. The SMILES string of the molecule is COC(=O)C1CCN(S(=O)(=O)NC2CCCNCC2)CC1. The van der Waals surface area contributed by atoms with Crippen molar-refractivity contribution in [3.05, 3.63) is 0 Å². The van der Waals surface area contributed by atoms with Gasteiger partial charge in [-0.3, -0.25) is 4.79 Å². The molecule has 2 saturated heterocycles. The standard InChI is InChI=1S/C13H25N3O4S/c1-20-13(17)11-5-9-16(10-6-11)21(18,19)15-12-3-2-7-14-8-4-12/h11-12,14-15H,2-10H2,1H3. The molecule has 0 bridgehead atoms. The van der Waals surface area contributed by atoms with Gasteiger partial charge >= 0.3 is 5.97 Å². The van der Waals surface area contributed by atoms with Gasteiger partial charge in [0.05, 0.1) is 13.0 Å². The average Bonchev–Trinajstić information content (AvgIpc) is 2.74. The normalized spacial score (nSPS) is 26.2. The molecule has 0 saturated carbocycles. The van der Waals surface area contributed by atoms with Crippen LogP contribution in [0.25, 0.3) is 0 Å². The van der Waals surface area contributed by atoms with Crippen LogP contribution in [0.3, 0.4) is 0 Å². The molecular weight excluding hydrogens is 294 g/mol. The number of carbonyl (C=O) groups excluding carboxylic acids is 1. The molecule has 0 aromatic carbocycles. The zero-order chi connectivity index (χ0) is 15.3. The summed E-state index contributed by atoms with van der Waals surface area (Å²) in [6, 6.07) is 0.00308. The second kappa shape index (κ2) is 7.53. The first-order valence-electron chi connectivity index (χ1n) is 7.59. The van der Waals surface area contributed by atoms with Gasteiger partial charge in [0, 0.05) is 19.1 Å². The minimum atomic E-state index is -3.45. The Kier molecular flexibility index (Phi) is 5.98. The lowest BCUT2D eigenvalue weighted by molar-refractivity contribution is -0.146. The molecule has 8 heteroatoms. The fourth-order valence-corrected chi connectivity index (χ4v) is 4.42. The van der Waals surface area contributed by atoms with Gasteiger partial charge in [-0.1, -0.05) is 0 Å². The van der Waals surface area contributed by atoms with E-state index in [0.29, 0.717) is 25.9 Å². The van der Waals surface area contributed by atoms with Crippen molar-refractivity contribution < 1.29 is 17.9 Å². The molecule has 2 aliphatic heterocycles. The predicted octanol–water partition coefficient (Wildman–Crippen LogP) is -0.152. The summed E-state index contributed by atoms with van der Waals surface area (Å²) < 4.78 is 33.8. The van der Waals surface area contributed by atoms with E-state index in [4.69, 9.17) is 4.74 Å². The number of ether oxygens (including phenoxy) is 1. The van der Waals surface area contributed by atoms with E-state index in [2.05, 4.69) is 10.0 Å². The van der Waals surface area contributed by atoms with E-state index in [1.54, 1.807) is 0 Å². The highest BCUT2D eigenvalue weighted by Crippen LogP contribution is 2.20. The Balaban J connectivity index is 1.87. The lowest BCUT2D eigenvalue weighted by Crippen LogP contribution is -2.49. The second-order valence-electron chi connectivity index (χ2n) is 5.70. The van der Waals surface area contributed by atoms with E-state index in [1.165, 1.54) is 11.4 Å². The fourth-order valence-electron chi connectivity index (χ4n) is 2.92. The first kappa shape index (κ1) is 16.7. The van der Waals surface area contributed by atoms with Crippen LogP contribution in [0.1, 0.15) is 32.1 Å². The van der Waals surface area contributed by atoms with Gasteiger partial charge in [-0.15, -0.1) is 0 Å². The number of methoxy groups -OCH3 is 1. The Morgan fingerprint density at radius 3 is 2.57 bits per heavy atom. The molecule has 0 aliphatic carbocycles. The molecule has 7 nitrogen and oxygen atoms in total. The summed E-state index contributed by atoms with van der Waals surface area (Å²) >= 11 is 0. The largest absolute Gasteiger partial charge is 0.469 e. The van der Waals surface area contributed by atoms with Crippen LogP contribution in [-0.4, -0.2) is 58.0 Å². The Morgan fingerprint density at radius 1 is 1.19 bits per heavy atom. The molecular formula is C13H25N3O4S. The summed E-state index contributed by atoms with van der Waals surface area (Å²) in [6.45, 7) is 2.54. The molecule has 2 N–H and O–H groups in total. The summed E-state index contributed by atoms with van der Waals surface area (Å²) in [5.41, 5.74) is 0. The van der Waals surface area contributed by atoms with E-state index >= 15 is 0 Å². The molecule has 2 heterocycles. The molecule has 0 spiro atoms. The van der Waals surface area contributed by atoms with Crippen LogP contribution in [0.5, 0.6) is 0 Å². The van der Waals surface area contributed by atoms with E-state index in [-0.39, 0.29) is 17.9 Å². The van der Waals surface area contributed by atoms with Crippen molar-refractivity contribution in [2.45, 2.75) is 38.1 Å². The molecule has 0 amide bonds. The smallest absolute Gasteiger partial charge is 0.308 e. The first-order valence-corrected chi connectivity index (χ1v) is 9.03. The van der Waals surface area contributed by atoms with Crippen molar-refractivity contribution in [2.75, 3.05) is 33.3 Å². The third kappa shape index (κ3) is 4.64. The highest BCUT2D eigenvalue weighted by molar-refractivity contribution is 7.87. The summed E-state index contributed by atoms with van der Waals surface area (Å²) in [5, 5.41) is 3.27. The van der Waals surface area contributed by atoms with Crippen LogP contribution in [-0.2, 0) is 19.7 Å². The van der Waals surface area contributed by atoms with Crippen molar-refractivity contribution in [3.63, 3.8) is 0 Å². The van der Waals surface area contributed by atoms with E-state index in [9.17, 15) is 13.2 Å². The quantitative estimate of drug-likeness (QED) is 0.704. The molecule has 2 fully saturated rings. The van der Waals surface area contributed by atoms with Gasteiger partial charge in [0.1, 0.15) is 0 Å². The van der Waals surface area contributed by atoms with Gasteiger partial charge in [-0.2, -0.15) is 17.4 Å². The minimum absolute atomic E-state index is 0.00308. The number of carbonyl (C=O) groups is 1. The maximum absolute atomic E-state index is 12.4. The number of rotatable bonds is 4. The summed E-state index contributed by atoms with van der Waals surface area (Å²) in [6.07, 6.45) is 3.72. The fraction of sp³-hybridized carbons (Fsp3) is 0.923. The summed E-state index contributed by atoms with van der Waals surface area (Å²) in [7, 11) is -2.08. The van der Waals surface area contributed by atoms with Crippen molar-refractivity contribution in [1.29, 1.82) is 0 Å². The van der Waals surface area contributed by atoms with Crippen LogP contribution in [0.2, 0.25) is 0 Å². The lowest BCUT2D eigenvalue weighted by atomic mass is 9.99. The Hall–Kier alpha value is -0.700. The lowest BCUT2D eigenvalue weighted by Gasteiger charge is -2.31. The van der Waals surface area contributed by atoms with Gasteiger partial charge in [0.25, 0.3) is 10.2 Å². The van der Waals surface area contributed by atoms with E-state index < -0.39 is 10.2 Å². The van der Waals surface area contributed by atoms with E-state index in [1.807, 2.05) is 0 Å². The number of nitrogens with one attached hydrogen (secondary N) is 2. The minimum Gasteiger partial charge on any atom is -0.469 e. The zero-order valence-electron chi connectivity index (χ0n) is 12.5. The van der Waals surface area contributed by atoms with Crippen LogP contribution < -0.4 is 10.0 Å². The Bertz CT molecular complexity index is 438. The van der Waals surface area contributed by atoms with Gasteiger partial charge in [0.2, 0.25) is 0 Å². The molecule has 0 aromatic heterocycles. The van der Waals surface area contributed by atoms with Crippen molar-refractivity contribution in [3.8, 4) is 0 Å². The molecule has 2 rings (SSSR count). The molecule has 1 unspecified atom stereocenters. The topological polar surface area (TPSA) is 87.7 Å². The molecule has 0 radical (unpaired) electrons. The summed E-state index contributed by atoms with van der Waals surface area (Å²) in [5.74, 6) is -0.418. The number of piperidine rings is 1. The van der Waals surface area contributed by atoms with Crippen molar-refractivity contribution in [1.82, 2.24) is 14.3 Å². The maximum Gasteiger partial charge on any atom is 0.308 e. The van der Waals surface area contributed by atoms with Crippen molar-refractivity contribution >= 4 is 16.2 Å². The monoisotopic (exact) mass is 319 g/mol. The molecule has 0 aromatic rings. The number of hydrogen-bond acceptors (Lipinski definition) is 5. The number of esters is 1. The number of nitrogens with zero attached hydrogens (tertiary/aromatic N) is 1. The highest BCUT2D eigenvalue weighted by Gasteiger charge is 2.32. The predicted molar refractivity (Wildman–Crippen MR) is 78.9 cm³/mol. The molecule has 1 atom stereocenters. The van der Waals surface area contributed by atoms with E-state index in [0.717, 1.165) is 32.4 Å². The Labute approximate surface area is 126 Å². The molecule has 21 heavy (non-hydrogen) atoms. The molecule has 2 aliphatic rings. The van der Waals surface area contributed by atoms with Crippen molar-refractivity contribution in [2.24, 2.45) is 5.92 Å². The zero-order valence-corrected chi connectivity index (χ0v) is 13.3. The van der Waals surface area contributed by atoms with Crippen LogP contribution >= 0.6 is 0 Å². The van der Waals surface area contributed by atoms with Gasteiger partial charge in [-0.05, 0) is 45.2 Å². The van der Waals surface area contributed by atoms with Gasteiger partial charge in [0.15, 0.2) is 0 Å². The Morgan fingerprint density at radius 2 is 1.90 bits per heavy atom.